The lowest BCUT2D eigenvalue weighted by molar-refractivity contribution is -0.153. The van der Waals surface area contributed by atoms with E-state index in [1.54, 1.807) is 0 Å². The van der Waals surface area contributed by atoms with Crippen LogP contribution in [-0.2, 0) is 4.79 Å². The summed E-state index contributed by atoms with van der Waals surface area (Å²) >= 11 is 0. The third kappa shape index (κ3) is 2.33. The van der Waals surface area contributed by atoms with E-state index in [0.29, 0.717) is 0 Å². The van der Waals surface area contributed by atoms with E-state index in [-0.39, 0.29) is 11.3 Å². The molecule has 15 heavy (non-hydrogen) atoms. The number of aliphatic hydroxyl groups is 2. The molecule has 82 valence electrons. The van der Waals surface area contributed by atoms with Crippen LogP contribution in [0.4, 0.5) is 5.69 Å². The topological polar surface area (TPSA) is 137 Å². The number of nitrogens with two attached hydrogens (primary N) is 1. The zero-order valence-electron chi connectivity index (χ0n) is 7.54. The van der Waals surface area contributed by atoms with Crippen LogP contribution in [-0.4, -0.2) is 32.4 Å². The minimum absolute atomic E-state index is 0.0296. The molecule has 1 rings (SSSR count). The number of carboxylic acids is 1. The number of hydrogen-bond acceptors (Lipinski definition) is 5. The first-order chi connectivity index (χ1) is 6.93. The molecule has 2 unspecified atom stereocenters. The van der Waals surface area contributed by atoms with Crippen LogP contribution < -0.4 is 11.3 Å². The Kier molecular flexibility index (Phi) is 3.08. The first-order valence-electron chi connectivity index (χ1n) is 4.00. The highest BCUT2D eigenvalue weighted by Gasteiger charge is 2.25. The second kappa shape index (κ2) is 4.11. The van der Waals surface area contributed by atoms with E-state index in [9.17, 15) is 14.7 Å². The summed E-state index contributed by atoms with van der Waals surface area (Å²) in [5.74, 6) is -1.56. The van der Waals surface area contributed by atoms with Crippen molar-refractivity contribution in [1.82, 2.24) is 4.98 Å². The van der Waals surface area contributed by atoms with E-state index in [4.69, 9.17) is 15.9 Å². The summed E-state index contributed by atoms with van der Waals surface area (Å²) in [6, 6.07) is 1.11. The van der Waals surface area contributed by atoms with Crippen molar-refractivity contribution in [3.05, 3.63) is 28.2 Å². The van der Waals surface area contributed by atoms with Crippen molar-refractivity contribution in [1.29, 1.82) is 0 Å². The molecule has 0 radical (unpaired) electrons. The lowest BCUT2D eigenvalue weighted by atomic mass is 10.1. The smallest absolute Gasteiger partial charge is 0.335 e. The fourth-order valence-corrected chi connectivity index (χ4v) is 1.01. The molecular formula is C8H10N2O5. The van der Waals surface area contributed by atoms with E-state index >= 15 is 0 Å². The number of nitrogen functional groups attached to an aromatic ring is 1. The summed E-state index contributed by atoms with van der Waals surface area (Å²) in [7, 11) is 0. The highest BCUT2D eigenvalue weighted by molar-refractivity contribution is 5.73. The number of anilines is 1. The maximum absolute atomic E-state index is 10.9. The van der Waals surface area contributed by atoms with Crippen LogP contribution in [0.5, 0.6) is 0 Å². The van der Waals surface area contributed by atoms with Crippen molar-refractivity contribution in [2.24, 2.45) is 0 Å². The van der Waals surface area contributed by atoms with E-state index in [1.165, 1.54) is 0 Å². The maximum atomic E-state index is 10.9. The van der Waals surface area contributed by atoms with Crippen LogP contribution in [0.2, 0.25) is 0 Å². The van der Waals surface area contributed by atoms with Gasteiger partial charge in [-0.25, -0.2) is 4.79 Å². The Hall–Kier alpha value is -1.86. The van der Waals surface area contributed by atoms with Crippen LogP contribution in [0, 0.1) is 0 Å². The summed E-state index contributed by atoms with van der Waals surface area (Å²) in [5, 5.41) is 26.8. The molecule has 1 heterocycles. The van der Waals surface area contributed by atoms with Crippen molar-refractivity contribution >= 4 is 11.7 Å². The summed E-state index contributed by atoms with van der Waals surface area (Å²) < 4.78 is 0. The number of carbonyl (C=O) groups is 1. The third-order valence-corrected chi connectivity index (χ3v) is 1.85. The molecule has 0 bridgehead atoms. The molecule has 0 aliphatic carbocycles. The van der Waals surface area contributed by atoms with Gasteiger partial charge in [-0.3, -0.25) is 4.79 Å². The van der Waals surface area contributed by atoms with Crippen LogP contribution >= 0.6 is 0 Å². The monoisotopic (exact) mass is 214 g/mol. The van der Waals surface area contributed by atoms with Gasteiger partial charge in [-0.05, 0) is 6.07 Å². The average Bonchev–Trinajstić information content (AvgIpc) is 2.19. The van der Waals surface area contributed by atoms with E-state index in [2.05, 4.69) is 4.98 Å². The Morgan fingerprint density at radius 1 is 1.47 bits per heavy atom. The Labute approximate surface area is 83.8 Å². The van der Waals surface area contributed by atoms with Crippen molar-refractivity contribution in [3.8, 4) is 0 Å². The van der Waals surface area contributed by atoms with E-state index in [0.717, 1.165) is 12.3 Å². The lowest BCUT2D eigenvalue weighted by Gasteiger charge is -2.13. The lowest BCUT2D eigenvalue weighted by Crippen LogP contribution is -2.28. The molecule has 7 nitrogen and oxygen atoms in total. The molecule has 0 amide bonds. The summed E-state index contributed by atoms with van der Waals surface area (Å²) in [6.07, 6.45) is -2.51. The zero-order chi connectivity index (χ0) is 11.6. The standard InChI is InChI=1S/C8H10N2O5/c9-4-1-3(2-10-7(4)13)5(11)6(12)8(14)15/h1-2,5-6,11-12H,9H2,(H,10,13)(H,14,15). The first-order valence-corrected chi connectivity index (χ1v) is 4.00. The zero-order valence-corrected chi connectivity index (χ0v) is 7.54. The quantitative estimate of drug-likeness (QED) is 0.412. The van der Waals surface area contributed by atoms with Gasteiger partial charge in [-0.2, -0.15) is 0 Å². The number of hydrogen-bond donors (Lipinski definition) is 5. The fourth-order valence-electron chi connectivity index (χ4n) is 1.01. The van der Waals surface area contributed by atoms with Crippen LogP contribution in [0.3, 0.4) is 0 Å². The minimum atomic E-state index is -1.96. The normalized spacial score (nSPS) is 14.5. The van der Waals surface area contributed by atoms with Crippen molar-refractivity contribution in [2.75, 3.05) is 5.73 Å². The first kappa shape index (κ1) is 11.2. The number of H-pyrrole nitrogens is 1. The predicted octanol–water partition coefficient (Wildman–Crippen LogP) is -1.56. The summed E-state index contributed by atoms with van der Waals surface area (Å²) in [4.78, 5) is 23.4. The van der Waals surface area contributed by atoms with Crippen LogP contribution in [0.15, 0.2) is 17.1 Å². The molecule has 0 saturated carbocycles. The molecule has 7 heteroatoms. The molecule has 0 fully saturated rings. The van der Waals surface area contributed by atoms with Gasteiger partial charge in [-0.15, -0.1) is 0 Å². The largest absolute Gasteiger partial charge is 0.479 e. The van der Waals surface area contributed by atoms with Gasteiger partial charge in [0.05, 0.1) is 5.69 Å². The van der Waals surface area contributed by atoms with Crippen LogP contribution in [0.25, 0.3) is 0 Å². The molecule has 0 aliphatic rings. The molecule has 6 N–H and O–H groups in total. The van der Waals surface area contributed by atoms with Gasteiger partial charge in [0.15, 0.2) is 6.10 Å². The van der Waals surface area contributed by atoms with Gasteiger partial charge < -0.3 is 26.0 Å². The summed E-state index contributed by atoms with van der Waals surface area (Å²) in [5.41, 5.74) is 4.57. The van der Waals surface area contributed by atoms with E-state index in [1.807, 2.05) is 0 Å². The molecule has 0 saturated heterocycles. The maximum Gasteiger partial charge on any atom is 0.335 e. The van der Waals surface area contributed by atoms with Gasteiger partial charge in [0.2, 0.25) is 0 Å². The van der Waals surface area contributed by atoms with Gasteiger partial charge in [0.1, 0.15) is 6.10 Å². The number of nitrogens with one attached hydrogen (secondary N) is 1. The summed E-state index contributed by atoms with van der Waals surface area (Å²) in [6.45, 7) is 0. The Morgan fingerprint density at radius 2 is 2.07 bits per heavy atom. The minimum Gasteiger partial charge on any atom is -0.479 e. The second-order valence-electron chi connectivity index (χ2n) is 2.95. The molecule has 1 aromatic rings. The third-order valence-electron chi connectivity index (χ3n) is 1.85. The molecule has 0 aliphatic heterocycles. The number of aliphatic carboxylic acids is 1. The van der Waals surface area contributed by atoms with Gasteiger partial charge in [0.25, 0.3) is 5.56 Å². The van der Waals surface area contributed by atoms with Crippen LogP contribution in [0.1, 0.15) is 11.7 Å². The SMILES string of the molecule is Nc1cc(C(O)C(O)C(=O)O)c[nH]c1=O. The number of pyridine rings is 1. The number of aromatic amines is 1. The van der Waals surface area contributed by atoms with E-state index < -0.39 is 23.7 Å². The Bertz CT molecular complexity index is 427. The number of rotatable bonds is 3. The number of carboxylic acid groups (broad SMARTS) is 1. The second-order valence-corrected chi connectivity index (χ2v) is 2.95. The average molecular weight is 214 g/mol. The fraction of sp³-hybridized carbons (Fsp3) is 0.250. The highest BCUT2D eigenvalue weighted by Crippen LogP contribution is 2.16. The van der Waals surface area contributed by atoms with Crippen molar-refractivity contribution in [2.45, 2.75) is 12.2 Å². The van der Waals surface area contributed by atoms with Crippen molar-refractivity contribution < 1.29 is 20.1 Å². The molecule has 2 atom stereocenters. The molecular weight excluding hydrogens is 204 g/mol. The Balaban J connectivity index is 3.01. The van der Waals surface area contributed by atoms with Gasteiger partial charge in [-0.1, -0.05) is 0 Å². The molecule has 0 aromatic carbocycles. The Morgan fingerprint density at radius 3 is 2.53 bits per heavy atom. The molecule has 0 spiro atoms. The predicted molar refractivity (Wildman–Crippen MR) is 50.1 cm³/mol. The number of aliphatic hydroxyl groups excluding tert-OH is 2. The van der Waals surface area contributed by atoms with Crippen molar-refractivity contribution in [3.63, 3.8) is 0 Å². The number of aromatic nitrogens is 1. The molecule has 1 aromatic heterocycles. The van der Waals surface area contributed by atoms with Gasteiger partial charge >= 0.3 is 5.97 Å². The van der Waals surface area contributed by atoms with Gasteiger partial charge in [0, 0.05) is 11.8 Å². The highest BCUT2D eigenvalue weighted by atomic mass is 16.4.